The molecule has 0 atom stereocenters. The van der Waals surface area contributed by atoms with Gasteiger partial charge in [0.1, 0.15) is 4.21 Å². The lowest BCUT2D eigenvalue weighted by atomic mass is 10.4. The van der Waals surface area contributed by atoms with Crippen molar-refractivity contribution in [3.8, 4) is 0 Å². The maximum Gasteiger partial charge on any atom is 0.390 e. The highest BCUT2D eigenvalue weighted by atomic mass is 32.2. The summed E-state index contributed by atoms with van der Waals surface area (Å²) >= 11 is 0.630. The predicted octanol–water partition coefficient (Wildman–Crippen LogP) is 1.68. The van der Waals surface area contributed by atoms with Crippen molar-refractivity contribution in [2.75, 3.05) is 6.54 Å². The number of hydrogen-bond donors (Lipinski definition) is 2. The van der Waals surface area contributed by atoms with Crippen LogP contribution in [0.5, 0.6) is 0 Å². The summed E-state index contributed by atoms with van der Waals surface area (Å²) < 4.78 is 59.9. The molecule has 102 valence electrons. The zero-order chi connectivity index (χ0) is 14.0. The largest absolute Gasteiger partial charge is 0.478 e. The number of rotatable bonds is 5. The first-order chi connectivity index (χ1) is 8.12. The van der Waals surface area contributed by atoms with Gasteiger partial charge in [-0.25, -0.2) is 17.9 Å². The Morgan fingerprint density at radius 2 is 2.06 bits per heavy atom. The number of aromatic carboxylic acids is 1. The average molecular weight is 303 g/mol. The van der Waals surface area contributed by atoms with E-state index < -0.39 is 35.1 Å². The van der Waals surface area contributed by atoms with Gasteiger partial charge in [0.15, 0.2) is 0 Å². The minimum atomic E-state index is -4.45. The Morgan fingerprint density at radius 1 is 1.44 bits per heavy atom. The molecule has 10 heteroatoms. The van der Waals surface area contributed by atoms with E-state index in [2.05, 4.69) is 0 Å². The fraction of sp³-hybridized carbons (Fsp3) is 0.375. The van der Waals surface area contributed by atoms with Gasteiger partial charge in [0, 0.05) is 11.9 Å². The van der Waals surface area contributed by atoms with Crippen molar-refractivity contribution in [1.29, 1.82) is 0 Å². The van der Waals surface area contributed by atoms with Crippen molar-refractivity contribution in [3.63, 3.8) is 0 Å². The van der Waals surface area contributed by atoms with E-state index in [1.165, 1.54) is 0 Å². The molecule has 18 heavy (non-hydrogen) atoms. The maximum absolute atomic E-state index is 11.8. The minimum Gasteiger partial charge on any atom is -0.478 e. The van der Waals surface area contributed by atoms with Gasteiger partial charge in [0.2, 0.25) is 10.0 Å². The molecule has 1 aromatic rings. The van der Waals surface area contributed by atoms with Crippen molar-refractivity contribution in [2.24, 2.45) is 0 Å². The zero-order valence-corrected chi connectivity index (χ0v) is 10.3. The molecule has 1 heterocycles. The monoisotopic (exact) mass is 303 g/mol. The van der Waals surface area contributed by atoms with Crippen LogP contribution >= 0.6 is 11.3 Å². The van der Waals surface area contributed by atoms with Crippen molar-refractivity contribution < 1.29 is 31.5 Å². The molecule has 0 saturated heterocycles. The summed E-state index contributed by atoms with van der Waals surface area (Å²) in [5.74, 6) is -1.30. The van der Waals surface area contributed by atoms with Gasteiger partial charge in [-0.2, -0.15) is 13.2 Å². The van der Waals surface area contributed by atoms with Gasteiger partial charge >= 0.3 is 12.1 Å². The molecular weight excluding hydrogens is 295 g/mol. The van der Waals surface area contributed by atoms with Crippen molar-refractivity contribution in [2.45, 2.75) is 16.8 Å². The average Bonchev–Trinajstić information content (AvgIpc) is 2.63. The number of halogens is 3. The molecule has 1 rings (SSSR count). The molecule has 0 unspecified atom stereocenters. The van der Waals surface area contributed by atoms with Gasteiger partial charge in [-0.15, -0.1) is 11.3 Å². The number of nitrogens with one attached hydrogen (secondary N) is 1. The third kappa shape index (κ3) is 4.27. The van der Waals surface area contributed by atoms with Crippen LogP contribution in [0.1, 0.15) is 16.8 Å². The number of carboxylic acids is 1. The molecule has 0 aliphatic heterocycles. The molecule has 0 aliphatic rings. The highest BCUT2D eigenvalue weighted by Gasteiger charge is 2.28. The van der Waals surface area contributed by atoms with Crippen LogP contribution in [0.2, 0.25) is 0 Å². The molecule has 0 aromatic carbocycles. The molecule has 0 amide bonds. The molecule has 0 radical (unpaired) electrons. The van der Waals surface area contributed by atoms with E-state index in [1.54, 1.807) is 4.72 Å². The first-order valence-electron chi connectivity index (χ1n) is 4.50. The Kier molecular flexibility index (Phi) is 4.35. The Balaban J connectivity index is 2.71. The van der Waals surface area contributed by atoms with E-state index >= 15 is 0 Å². The topological polar surface area (TPSA) is 83.5 Å². The van der Waals surface area contributed by atoms with Crippen LogP contribution in [0.25, 0.3) is 0 Å². The quantitative estimate of drug-likeness (QED) is 0.867. The Bertz CT molecular complexity index is 535. The normalized spacial score (nSPS) is 12.6. The van der Waals surface area contributed by atoms with Crippen LogP contribution in [-0.2, 0) is 10.0 Å². The first-order valence-corrected chi connectivity index (χ1v) is 6.86. The summed E-state index contributed by atoms with van der Waals surface area (Å²) in [6, 6.07) is 0.892. The van der Waals surface area contributed by atoms with Gasteiger partial charge < -0.3 is 5.11 Å². The number of carbonyl (C=O) groups is 1. The molecule has 0 aliphatic carbocycles. The first kappa shape index (κ1) is 14.9. The third-order valence-electron chi connectivity index (χ3n) is 1.79. The number of alkyl halides is 3. The highest BCUT2D eigenvalue weighted by Crippen LogP contribution is 2.21. The molecule has 0 spiro atoms. The fourth-order valence-corrected chi connectivity index (χ4v) is 3.20. The predicted molar refractivity (Wildman–Crippen MR) is 57.1 cm³/mol. The van der Waals surface area contributed by atoms with Gasteiger partial charge in [0.05, 0.1) is 12.0 Å². The smallest absolute Gasteiger partial charge is 0.390 e. The zero-order valence-electron chi connectivity index (χ0n) is 8.69. The maximum atomic E-state index is 11.8. The van der Waals surface area contributed by atoms with Gasteiger partial charge in [0.25, 0.3) is 0 Å². The van der Waals surface area contributed by atoms with E-state index in [1.807, 2.05) is 0 Å². The summed E-state index contributed by atoms with van der Waals surface area (Å²) in [7, 11) is -4.09. The lowest BCUT2D eigenvalue weighted by Gasteiger charge is -2.07. The number of sulfonamides is 1. The number of hydrogen-bond acceptors (Lipinski definition) is 4. The molecular formula is C8H8F3NO4S2. The summed E-state index contributed by atoms with van der Waals surface area (Å²) in [4.78, 5) is 10.5. The number of thiophene rings is 1. The van der Waals surface area contributed by atoms with Gasteiger partial charge in [-0.1, -0.05) is 0 Å². The molecule has 0 bridgehead atoms. The van der Waals surface area contributed by atoms with E-state index in [4.69, 9.17) is 5.11 Å². The standard InChI is InChI=1S/C8H8F3NO4S2/c9-8(10,11)1-2-12-18(15,16)6-3-5(4-17-6)7(13)14/h3-4,12H,1-2H2,(H,13,14). The van der Waals surface area contributed by atoms with E-state index in [9.17, 15) is 26.4 Å². The Hall–Kier alpha value is -1.13. The van der Waals surface area contributed by atoms with Crippen LogP contribution in [0, 0.1) is 0 Å². The van der Waals surface area contributed by atoms with Crippen molar-refractivity contribution in [1.82, 2.24) is 4.72 Å². The second-order valence-electron chi connectivity index (χ2n) is 3.22. The van der Waals surface area contributed by atoms with E-state index in [0.29, 0.717) is 11.3 Å². The Morgan fingerprint density at radius 3 is 2.50 bits per heavy atom. The van der Waals surface area contributed by atoms with Crippen LogP contribution in [0.4, 0.5) is 13.2 Å². The lowest BCUT2D eigenvalue weighted by Crippen LogP contribution is -2.27. The fourth-order valence-electron chi connectivity index (χ4n) is 0.968. The SMILES string of the molecule is O=C(O)c1csc(S(=O)(=O)NCCC(F)(F)F)c1. The van der Waals surface area contributed by atoms with Gasteiger partial charge in [-0.3, -0.25) is 0 Å². The van der Waals surface area contributed by atoms with Crippen molar-refractivity contribution >= 4 is 27.3 Å². The minimum absolute atomic E-state index is 0.226. The third-order valence-corrected chi connectivity index (χ3v) is 4.69. The van der Waals surface area contributed by atoms with Gasteiger partial charge in [-0.05, 0) is 6.07 Å². The summed E-state index contributed by atoms with van der Waals surface area (Å²) in [6.07, 6.45) is -5.74. The molecule has 0 fully saturated rings. The van der Waals surface area contributed by atoms with Crippen LogP contribution in [0.15, 0.2) is 15.7 Å². The molecule has 1 aromatic heterocycles. The van der Waals surface area contributed by atoms with Crippen LogP contribution in [-0.4, -0.2) is 32.2 Å². The van der Waals surface area contributed by atoms with Crippen molar-refractivity contribution in [3.05, 3.63) is 17.0 Å². The number of carboxylic acid groups (broad SMARTS) is 1. The Labute approximate surface area is 104 Å². The summed E-state index contributed by atoms with van der Waals surface area (Å²) in [5, 5.41) is 9.69. The highest BCUT2D eigenvalue weighted by molar-refractivity contribution is 7.91. The van der Waals surface area contributed by atoms with Crippen LogP contribution in [0.3, 0.4) is 0 Å². The van der Waals surface area contributed by atoms with E-state index in [0.717, 1.165) is 11.4 Å². The molecule has 2 N–H and O–H groups in total. The second kappa shape index (κ2) is 5.24. The molecule has 0 saturated carbocycles. The lowest BCUT2D eigenvalue weighted by molar-refractivity contribution is -0.132. The van der Waals surface area contributed by atoms with E-state index in [-0.39, 0.29) is 9.77 Å². The van der Waals surface area contributed by atoms with Crippen LogP contribution < -0.4 is 4.72 Å². The summed E-state index contributed by atoms with van der Waals surface area (Å²) in [5.41, 5.74) is -0.226. The molecule has 5 nitrogen and oxygen atoms in total. The second-order valence-corrected chi connectivity index (χ2v) is 6.13. The summed E-state index contributed by atoms with van der Waals surface area (Å²) in [6.45, 7) is -0.786.